The van der Waals surface area contributed by atoms with E-state index >= 15 is 0 Å². The number of carbonyl (C=O) groups is 1. The SMILES string of the molecule is CC(C)COC(=O)C(C)SCCCCCC(C)(F)F. The summed E-state index contributed by atoms with van der Waals surface area (Å²) in [5.74, 6) is -1.58. The molecule has 0 aromatic rings. The van der Waals surface area contributed by atoms with Gasteiger partial charge in [-0.15, -0.1) is 11.8 Å². The second-order valence-electron chi connectivity index (χ2n) is 5.42. The lowest BCUT2D eigenvalue weighted by Crippen LogP contribution is -2.19. The molecule has 0 bridgehead atoms. The highest BCUT2D eigenvalue weighted by atomic mass is 32.2. The fourth-order valence-electron chi connectivity index (χ4n) is 1.41. The summed E-state index contributed by atoms with van der Waals surface area (Å²) in [5, 5.41) is -0.175. The summed E-state index contributed by atoms with van der Waals surface area (Å²) in [7, 11) is 0. The van der Waals surface area contributed by atoms with Crippen LogP contribution < -0.4 is 0 Å². The second kappa shape index (κ2) is 9.56. The van der Waals surface area contributed by atoms with Crippen LogP contribution in [0.1, 0.15) is 53.4 Å². The summed E-state index contributed by atoms with van der Waals surface area (Å²) in [6.45, 7) is 7.22. The molecule has 0 aliphatic carbocycles. The van der Waals surface area contributed by atoms with Gasteiger partial charge in [0.1, 0.15) is 0 Å². The van der Waals surface area contributed by atoms with Gasteiger partial charge in [0, 0.05) is 6.42 Å². The van der Waals surface area contributed by atoms with Crippen LogP contribution in [-0.4, -0.2) is 29.5 Å². The highest BCUT2D eigenvalue weighted by Crippen LogP contribution is 2.21. The number of hydrogen-bond acceptors (Lipinski definition) is 3. The van der Waals surface area contributed by atoms with Gasteiger partial charge in [-0.05, 0) is 38.4 Å². The fourth-order valence-corrected chi connectivity index (χ4v) is 2.34. The Labute approximate surface area is 119 Å². The number of alkyl halides is 2. The van der Waals surface area contributed by atoms with Crippen molar-refractivity contribution < 1.29 is 18.3 Å². The molecule has 0 fully saturated rings. The number of thioether (sulfide) groups is 1. The molecule has 0 saturated heterocycles. The molecule has 0 aliphatic rings. The molecular formula is C14H26F2O2S. The van der Waals surface area contributed by atoms with Gasteiger partial charge in [0.15, 0.2) is 0 Å². The minimum Gasteiger partial charge on any atom is -0.465 e. The monoisotopic (exact) mass is 296 g/mol. The van der Waals surface area contributed by atoms with Crippen molar-refractivity contribution in [1.82, 2.24) is 0 Å². The zero-order chi connectivity index (χ0) is 14.9. The molecule has 1 unspecified atom stereocenters. The van der Waals surface area contributed by atoms with Gasteiger partial charge in [0.2, 0.25) is 5.92 Å². The van der Waals surface area contributed by atoms with Crippen LogP contribution in [-0.2, 0) is 9.53 Å². The smallest absolute Gasteiger partial charge is 0.318 e. The van der Waals surface area contributed by atoms with Crippen molar-refractivity contribution in [3.8, 4) is 0 Å². The molecule has 19 heavy (non-hydrogen) atoms. The lowest BCUT2D eigenvalue weighted by atomic mass is 10.1. The van der Waals surface area contributed by atoms with E-state index < -0.39 is 5.92 Å². The second-order valence-corrected chi connectivity index (χ2v) is 6.87. The van der Waals surface area contributed by atoms with E-state index in [1.807, 2.05) is 20.8 Å². The fraction of sp³-hybridized carbons (Fsp3) is 0.929. The van der Waals surface area contributed by atoms with Crippen molar-refractivity contribution in [3.05, 3.63) is 0 Å². The van der Waals surface area contributed by atoms with Crippen LogP contribution in [0.2, 0.25) is 0 Å². The van der Waals surface area contributed by atoms with Gasteiger partial charge >= 0.3 is 5.97 Å². The molecule has 0 aromatic carbocycles. The average Bonchev–Trinajstić information content (AvgIpc) is 2.28. The van der Waals surface area contributed by atoms with Crippen LogP contribution in [0.3, 0.4) is 0 Å². The number of hydrogen-bond donors (Lipinski definition) is 0. The molecule has 5 heteroatoms. The number of carbonyl (C=O) groups excluding carboxylic acids is 1. The van der Waals surface area contributed by atoms with Gasteiger partial charge in [-0.1, -0.05) is 20.3 Å². The standard InChI is InChI=1S/C14H26F2O2S/c1-11(2)10-18-13(17)12(3)19-9-7-5-6-8-14(4,15)16/h11-12H,5-10H2,1-4H3. The van der Waals surface area contributed by atoms with Crippen LogP contribution in [0.4, 0.5) is 8.78 Å². The van der Waals surface area contributed by atoms with Crippen molar-refractivity contribution >= 4 is 17.7 Å². The third-order valence-corrected chi connectivity index (χ3v) is 3.74. The van der Waals surface area contributed by atoms with Gasteiger partial charge in [-0.2, -0.15) is 0 Å². The molecule has 1 atom stereocenters. The first-order valence-electron chi connectivity index (χ1n) is 6.88. The predicted octanol–water partition coefficient (Wildman–Crippen LogP) is 4.52. The van der Waals surface area contributed by atoms with E-state index in [1.165, 1.54) is 11.8 Å². The van der Waals surface area contributed by atoms with E-state index in [1.54, 1.807) is 0 Å². The van der Waals surface area contributed by atoms with Crippen molar-refractivity contribution in [3.63, 3.8) is 0 Å². The topological polar surface area (TPSA) is 26.3 Å². The Balaban J connectivity index is 3.52. The van der Waals surface area contributed by atoms with Crippen LogP contribution >= 0.6 is 11.8 Å². The maximum atomic E-state index is 12.5. The highest BCUT2D eigenvalue weighted by molar-refractivity contribution is 8.00. The average molecular weight is 296 g/mol. The molecular weight excluding hydrogens is 270 g/mol. The molecule has 0 N–H and O–H groups in total. The molecule has 114 valence electrons. The van der Waals surface area contributed by atoms with Gasteiger partial charge < -0.3 is 4.74 Å². The minimum atomic E-state index is -2.55. The van der Waals surface area contributed by atoms with Crippen molar-refractivity contribution in [2.75, 3.05) is 12.4 Å². The van der Waals surface area contributed by atoms with E-state index in [4.69, 9.17) is 4.74 Å². The summed E-state index contributed by atoms with van der Waals surface area (Å²) >= 11 is 1.53. The molecule has 0 radical (unpaired) electrons. The first-order chi connectivity index (χ1) is 8.72. The quantitative estimate of drug-likeness (QED) is 0.438. The Morgan fingerprint density at radius 3 is 2.37 bits per heavy atom. The lowest BCUT2D eigenvalue weighted by Gasteiger charge is -2.13. The van der Waals surface area contributed by atoms with Gasteiger partial charge in [0.25, 0.3) is 0 Å². The number of unbranched alkanes of at least 4 members (excludes halogenated alkanes) is 2. The molecule has 2 nitrogen and oxygen atoms in total. The van der Waals surface area contributed by atoms with Crippen molar-refractivity contribution in [1.29, 1.82) is 0 Å². The normalized spacial score (nSPS) is 13.6. The molecule has 0 amide bonds. The first-order valence-corrected chi connectivity index (χ1v) is 7.93. The molecule has 0 heterocycles. The van der Waals surface area contributed by atoms with E-state index in [0.717, 1.165) is 25.5 Å². The van der Waals surface area contributed by atoms with E-state index in [-0.39, 0.29) is 17.6 Å². The Morgan fingerprint density at radius 1 is 1.21 bits per heavy atom. The Morgan fingerprint density at radius 2 is 1.84 bits per heavy atom. The molecule has 0 aliphatic heterocycles. The zero-order valence-corrected chi connectivity index (χ0v) is 13.2. The minimum absolute atomic E-state index is 0.0519. The Bertz CT molecular complexity index is 252. The van der Waals surface area contributed by atoms with Crippen molar-refractivity contribution in [2.24, 2.45) is 5.92 Å². The van der Waals surface area contributed by atoms with Gasteiger partial charge in [-0.3, -0.25) is 4.79 Å². The molecule has 0 aromatic heterocycles. The molecule has 0 saturated carbocycles. The zero-order valence-electron chi connectivity index (χ0n) is 12.4. The summed E-state index contributed by atoms with van der Waals surface area (Å²) < 4.78 is 30.2. The third kappa shape index (κ3) is 12.5. The lowest BCUT2D eigenvalue weighted by molar-refractivity contribution is -0.143. The van der Waals surface area contributed by atoms with Crippen molar-refractivity contribution in [2.45, 2.75) is 64.6 Å². The Hall–Kier alpha value is -0.320. The highest BCUT2D eigenvalue weighted by Gasteiger charge is 2.19. The maximum absolute atomic E-state index is 12.5. The summed E-state index contributed by atoms with van der Waals surface area (Å²) in [6, 6.07) is 0. The van der Waals surface area contributed by atoms with Crippen LogP contribution in [0.15, 0.2) is 0 Å². The summed E-state index contributed by atoms with van der Waals surface area (Å²) in [6.07, 6.45) is 2.13. The maximum Gasteiger partial charge on any atom is 0.318 e. The summed E-state index contributed by atoms with van der Waals surface area (Å²) in [4.78, 5) is 11.6. The number of esters is 1. The van der Waals surface area contributed by atoms with E-state index in [9.17, 15) is 13.6 Å². The largest absolute Gasteiger partial charge is 0.465 e. The number of rotatable bonds is 10. The Kier molecular flexibility index (Phi) is 9.40. The van der Waals surface area contributed by atoms with Crippen LogP contribution in [0.25, 0.3) is 0 Å². The number of halogens is 2. The third-order valence-electron chi connectivity index (χ3n) is 2.52. The first kappa shape index (κ1) is 18.7. The number of ether oxygens (including phenoxy) is 1. The molecule has 0 spiro atoms. The van der Waals surface area contributed by atoms with E-state index in [0.29, 0.717) is 18.9 Å². The van der Waals surface area contributed by atoms with E-state index in [2.05, 4.69) is 0 Å². The van der Waals surface area contributed by atoms with Crippen LogP contribution in [0, 0.1) is 5.92 Å². The van der Waals surface area contributed by atoms with Gasteiger partial charge in [0.05, 0.1) is 11.9 Å². The van der Waals surface area contributed by atoms with Crippen LogP contribution in [0.5, 0.6) is 0 Å². The molecule has 0 rings (SSSR count). The predicted molar refractivity (Wildman–Crippen MR) is 76.8 cm³/mol. The van der Waals surface area contributed by atoms with Gasteiger partial charge in [-0.25, -0.2) is 8.78 Å². The summed E-state index contributed by atoms with van der Waals surface area (Å²) in [5.41, 5.74) is 0.